The SMILES string of the molecule is CC(c1cc(Br)ccc1F)N1CCCC(C)(C(=O)O)C1. The zero-order chi connectivity index (χ0) is 14.9. The second-order valence-electron chi connectivity index (χ2n) is 5.78. The average Bonchev–Trinajstić information content (AvgIpc) is 2.40. The Morgan fingerprint density at radius 1 is 1.55 bits per heavy atom. The second kappa shape index (κ2) is 5.82. The molecule has 20 heavy (non-hydrogen) atoms. The number of hydrogen-bond acceptors (Lipinski definition) is 2. The summed E-state index contributed by atoms with van der Waals surface area (Å²) < 4.78 is 14.8. The molecule has 1 aliphatic rings. The maximum absolute atomic E-state index is 14.0. The van der Waals surface area contributed by atoms with E-state index >= 15 is 0 Å². The van der Waals surface area contributed by atoms with Crippen molar-refractivity contribution in [2.75, 3.05) is 13.1 Å². The molecule has 0 amide bonds. The highest BCUT2D eigenvalue weighted by Gasteiger charge is 2.39. The van der Waals surface area contributed by atoms with Gasteiger partial charge in [0.15, 0.2) is 0 Å². The van der Waals surface area contributed by atoms with Gasteiger partial charge in [0.1, 0.15) is 5.82 Å². The molecule has 3 nitrogen and oxygen atoms in total. The van der Waals surface area contributed by atoms with Crippen molar-refractivity contribution < 1.29 is 14.3 Å². The standard InChI is InChI=1S/C15H19BrFNO2/c1-10(12-8-11(16)4-5-13(12)17)18-7-3-6-15(2,9-18)14(19)20/h4-5,8,10H,3,6-7,9H2,1-2H3,(H,19,20). The van der Waals surface area contributed by atoms with Gasteiger partial charge in [0.05, 0.1) is 5.41 Å². The Morgan fingerprint density at radius 2 is 2.25 bits per heavy atom. The van der Waals surface area contributed by atoms with Gasteiger partial charge >= 0.3 is 5.97 Å². The number of likely N-dealkylation sites (tertiary alicyclic amines) is 1. The zero-order valence-electron chi connectivity index (χ0n) is 11.7. The lowest BCUT2D eigenvalue weighted by atomic mass is 9.81. The highest BCUT2D eigenvalue weighted by Crippen LogP contribution is 2.35. The Kier molecular flexibility index (Phi) is 4.49. The van der Waals surface area contributed by atoms with E-state index in [4.69, 9.17) is 0 Å². The topological polar surface area (TPSA) is 40.5 Å². The molecule has 1 aromatic carbocycles. The molecule has 0 saturated carbocycles. The minimum atomic E-state index is -0.774. The molecule has 0 aliphatic carbocycles. The van der Waals surface area contributed by atoms with E-state index in [0.29, 0.717) is 18.5 Å². The number of carboxylic acid groups (broad SMARTS) is 1. The first-order valence-electron chi connectivity index (χ1n) is 6.76. The van der Waals surface area contributed by atoms with E-state index in [1.165, 1.54) is 6.07 Å². The van der Waals surface area contributed by atoms with E-state index in [-0.39, 0.29) is 11.9 Å². The van der Waals surface area contributed by atoms with Crippen molar-refractivity contribution in [1.29, 1.82) is 0 Å². The number of carbonyl (C=O) groups is 1. The predicted molar refractivity (Wildman–Crippen MR) is 79.1 cm³/mol. The van der Waals surface area contributed by atoms with Crippen molar-refractivity contribution in [3.8, 4) is 0 Å². The predicted octanol–water partition coefficient (Wildman–Crippen LogP) is 3.84. The molecule has 0 bridgehead atoms. The molecule has 0 aromatic heterocycles. The maximum atomic E-state index is 14.0. The number of nitrogens with zero attached hydrogens (tertiary/aromatic N) is 1. The van der Waals surface area contributed by atoms with Gasteiger partial charge in [-0.3, -0.25) is 9.69 Å². The Labute approximate surface area is 126 Å². The molecule has 110 valence electrons. The van der Waals surface area contributed by atoms with Crippen LogP contribution in [0.4, 0.5) is 4.39 Å². The van der Waals surface area contributed by atoms with E-state index < -0.39 is 11.4 Å². The van der Waals surface area contributed by atoms with Gasteiger partial charge in [0.25, 0.3) is 0 Å². The van der Waals surface area contributed by atoms with Crippen LogP contribution in [0.1, 0.15) is 38.3 Å². The fourth-order valence-electron chi connectivity index (χ4n) is 2.82. The lowest BCUT2D eigenvalue weighted by Crippen LogP contribution is -2.46. The monoisotopic (exact) mass is 343 g/mol. The van der Waals surface area contributed by atoms with Gasteiger partial charge in [-0.1, -0.05) is 15.9 Å². The van der Waals surface area contributed by atoms with Gasteiger partial charge in [-0.2, -0.15) is 0 Å². The lowest BCUT2D eigenvalue weighted by Gasteiger charge is -2.40. The van der Waals surface area contributed by atoms with Crippen LogP contribution in [0.5, 0.6) is 0 Å². The molecule has 1 fully saturated rings. The summed E-state index contributed by atoms with van der Waals surface area (Å²) in [5.74, 6) is -1.02. The number of halogens is 2. The van der Waals surface area contributed by atoms with Gasteiger partial charge < -0.3 is 5.11 Å². The first-order valence-corrected chi connectivity index (χ1v) is 7.55. The molecule has 0 radical (unpaired) electrons. The second-order valence-corrected chi connectivity index (χ2v) is 6.70. The molecule has 5 heteroatoms. The third-order valence-corrected chi connectivity index (χ3v) is 4.69. The van der Waals surface area contributed by atoms with E-state index in [0.717, 1.165) is 17.4 Å². The highest BCUT2D eigenvalue weighted by molar-refractivity contribution is 9.10. The Morgan fingerprint density at radius 3 is 2.90 bits per heavy atom. The maximum Gasteiger partial charge on any atom is 0.310 e. The molecule has 1 saturated heterocycles. The molecule has 1 heterocycles. The minimum Gasteiger partial charge on any atom is -0.481 e. The first-order chi connectivity index (χ1) is 9.33. The number of hydrogen-bond donors (Lipinski definition) is 1. The summed E-state index contributed by atoms with van der Waals surface area (Å²) in [6.45, 7) is 4.95. The third-order valence-electron chi connectivity index (χ3n) is 4.20. The fourth-order valence-corrected chi connectivity index (χ4v) is 3.19. The van der Waals surface area contributed by atoms with Crippen LogP contribution >= 0.6 is 15.9 Å². The number of benzene rings is 1. The normalized spacial score (nSPS) is 25.4. The number of aliphatic carboxylic acids is 1. The van der Waals surface area contributed by atoms with Crippen LogP contribution in [0.15, 0.2) is 22.7 Å². The molecule has 1 aliphatic heterocycles. The Hall–Kier alpha value is -0.940. The van der Waals surface area contributed by atoms with Crippen molar-refractivity contribution in [2.24, 2.45) is 5.41 Å². The van der Waals surface area contributed by atoms with E-state index in [1.807, 2.05) is 6.92 Å². The van der Waals surface area contributed by atoms with Crippen LogP contribution in [0.25, 0.3) is 0 Å². The van der Waals surface area contributed by atoms with Crippen LogP contribution in [0.2, 0.25) is 0 Å². The highest BCUT2D eigenvalue weighted by atomic mass is 79.9. The third kappa shape index (κ3) is 3.04. The van der Waals surface area contributed by atoms with Crippen LogP contribution in [0, 0.1) is 11.2 Å². The molecule has 0 spiro atoms. The molecule has 1 aromatic rings. The summed E-state index contributed by atoms with van der Waals surface area (Å²) in [5, 5.41) is 9.36. The summed E-state index contributed by atoms with van der Waals surface area (Å²) in [7, 11) is 0. The summed E-state index contributed by atoms with van der Waals surface area (Å²) >= 11 is 3.35. The molecule has 2 unspecified atom stereocenters. The van der Waals surface area contributed by atoms with E-state index in [9.17, 15) is 14.3 Å². The quantitative estimate of drug-likeness (QED) is 0.906. The average molecular weight is 344 g/mol. The van der Waals surface area contributed by atoms with Crippen LogP contribution in [0.3, 0.4) is 0 Å². The number of rotatable bonds is 3. The van der Waals surface area contributed by atoms with Crippen molar-refractivity contribution >= 4 is 21.9 Å². The largest absolute Gasteiger partial charge is 0.481 e. The van der Waals surface area contributed by atoms with Crippen LogP contribution < -0.4 is 0 Å². The van der Waals surface area contributed by atoms with Gasteiger partial charge in [-0.25, -0.2) is 4.39 Å². The molecular formula is C15H19BrFNO2. The molecule has 2 atom stereocenters. The molecule has 2 rings (SSSR count). The van der Waals surface area contributed by atoms with E-state index in [2.05, 4.69) is 20.8 Å². The van der Waals surface area contributed by atoms with Gasteiger partial charge in [-0.05, 0) is 51.4 Å². The zero-order valence-corrected chi connectivity index (χ0v) is 13.3. The van der Waals surface area contributed by atoms with Crippen LogP contribution in [-0.2, 0) is 4.79 Å². The van der Waals surface area contributed by atoms with Crippen molar-refractivity contribution in [1.82, 2.24) is 4.90 Å². The van der Waals surface area contributed by atoms with Gasteiger partial charge in [0, 0.05) is 22.6 Å². The van der Waals surface area contributed by atoms with Crippen LogP contribution in [-0.4, -0.2) is 29.1 Å². The first kappa shape index (κ1) is 15.4. The summed E-state index contributed by atoms with van der Waals surface area (Å²) in [6, 6.07) is 4.75. The number of carboxylic acids is 1. The fraction of sp³-hybridized carbons (Fsp3) is 0.533. The van der Waals surface area contributed by atoms with Gasteiger partial charge in [0.2, 0.25) is 0 Å². The van der Waals surface area contributed by atoms with Crippen molar-refractivity contribution in [3.63, 3.8) is 0 Å². The van der Waals surface area contributed by atoms with Gasteiger partial charge in [-0.15, -0.1) is 0 Å². The minimum absolute atomic E-state index is 0.133. The van der Waals surface area contributed by atoms with Crippen molar-refractivity contribution in [3.05, 3.63) is 34.1 Å². The molecular weight excluding hydrogens is 325 g/mol. The molecule has 1 N–H and O–H groups in total. The summed E-state index contributed by atoms with van der Waals surface area (Å²) in [5.41, 5.74) is -0.136. The summed E-state index contributed by atoms with van der Waals surface area (Å²) in [4.78, 5) is 13.5. The number of piperidine rings is 1. The summed E-state index contributed by atoms with van der Waals surface area (Å²) in [6.07, 6.45) is 1.50. The Balaban J connectivity index is 2.22. The smallest absolute Gasteiger partial charge is 0.310 e. The van der Waals surface area contributed by atoms with E-state index in [1.54, 1.807) is 19.1 Å². The lowest BCUT2D eigenvalue weighted by molar-refractivity contribution is -0.151. The van der Waals surface area contributed by atoms with Crippen molar-refractivity contribution in [2.45, 2.75) is 32.7 Å². The Bertz CT molecular complexity index is 523.